The molecule has 3 N–H and O–H groups in total. The topological polar surface area (TPSA) is 73.8 Å². The molecule has 0 unspecified atom stereocenters. The number of benzene rings is 1. The van der Waals surface area contributed by atoms with Crippen molar-refractivity contribution >= 4 is 11.6 Å². The zero-order valence-electron chi connectivity index (χ0n) is 15.0. The first-order valence-electron chi connectivity index (χ1n) is 9.42. The molecule has 2 aliphatic rings. The minimum Gasteiger partial charge on any atom is -0.393 e. The molecule has 2 aliphatic heterocycles. The van der Waals surface area contributed by atoms with Crippen molar-refractivity contribution in [2.24, 2.45) is 0 Å². The van der Waals surface area contributed by atoms with Crippen LogP contribution < -0.4 is 15.5 Å². The van der Waals surface area contributed by atoms with Crippen molar-refractivity contribution in [3.05, 3.63) is 29.6 Å². The Hall–Kier alpha value is -1.70. The Morgan fingerprint density at radius 1 is 1.31 bits per heavy atom. The highest BCUT2D eigenvalue weighted by molar-refractivity contribution is 5.78. The van der Waals surface area contributed by atoms with Crippen LogP contribution in [0.1, 0.15) is 31.2 Å². The third-order valence-corrected chi connectivity index (χ3v) is 4.99. The molecule has 0 bridgehead atoms. The molecule has 0 saturated carbocycles. The number of carbonyl (C=O) groups is 1. The van der Waals surface area contributed by atoms with Crippen LogP contribution in [0.15, 0.2) is 18.2 Å². The van der Waals surface area contributed by atoms with Gasteiger partial charge in [0.2, 0.25) is 5.91 Å². The van der Waals surface area contributed by atoms with E-state index in [9.17, 15) is 14.3 Å². The molecule has 144 valence electrons. The molecule has 1 aromatic rings. The second-order valence-electron chi connectivity index (χ2n) is 7.05. The molecule has 3 rings (SSSR count). The number of aliphatic hydroxyl groups is 1. The highest BCUT2D eigenvalue weighted by atomic mass is 19.1. The number of rotatable bonds is 7. The van der Waals surface area contributed by atoms with Crippen molar-refractivity contribution in [2.75, 3.05) is 37.7 Å². The summed E-state index contributed by atoms with van der Waals surface area (Å²) < 4.78 is 19.9. The molecule has 0 aromatic heterocycles. The van der Waals surface area contributed by atoms with Crippen molar-refractivity contribution in [3.63, 3.8) is 0 Å². The van der Waals surface area contributed by atoms with Crippen molar-refractivity contribution in [3.8, 4) is 0 Å². The number of nitrogens with one attached hydrogen (secondary N) is 2. The van der Waals surface area contributed by atoms with Crippen LogP contribution >= 0.6 is 0 Å². The van der Waals surface area contributed by atoms with Crippen LogP contribution in [0.3, 0.4) is 0 Å². The number of carbonyl (C=O) groups excluding carboxylic acids is 1. The molecule has 0 spiro atoms. The standard InChI is InChI=1S/C19H28FN3O3/c20-17-10-14(3-4-18(17)23-7-5-15(24)6-8-23)11-22-19(25)13-21-12-16-2-1-9-26-16/h3-4,10,15-16,21,24H,1-2,5-9,11-13H2,(H,22,25)/t16-/m0/s1. The fourth-order valence-corrected chi connectivity index (χ4v) is 3.44. The number of piperidine rings is 1. The molecule has 26 heavy (non-hydrogen) atoms. The van der Waals surface area contributed by atoms with Gasteiger partial charge in [0.25, 0.3) is 0 Å². The summed E-state index contributed by atoms with van der Waals surface area (Å²) in [4.78, 5) is 13.8. The van der Waals surface area contributed by atoms with Gasteiger partial charge in [-0.1, -0.05) is 6.07 Å². The van der Waals surface area contributed by atoms with Crippen LogP contribution in [-0.4, -0.2) is 56.0 Å². The van der Waals surface area contributed by atoms with E-state index in [1.165, 1.54) is 6.07 Å². The molecule has 1 aromatic carbocycles. The monoisotopic (exact) mass is 365 g/mol. The molecular weight excluding hydrogens is 337 g/mol. The minimum atomic E-state index is -0.287. The number of halogens is 1. The molecule has 6 nitrogen and oxygen atoms in total. The van der Waals surface area contributed by atoms with E-state index < -0.39 is 0 Å². The van der Waals surface area contributed by atoms with Crippen molar-refractivity contribution in [1.82, 2.24) is 10.6 Å². The highest BCUT2D eigenvalue weighted by Crippen LogP contribution is 2.24. The molecular formula is C19H28FN3O3. The number of nitrogens with zero attached hydrogens (tertiary/aromatic N) is 1. The summed E-state index contributed by atoms with van der Waals surface area (Å²) in [5, 5.41) is 15.5. The summed E-state index contributed by atoms with van der Waals surface area (Å²) in [6.45, 7) is 3.33. The minimum absolute atomic E-state index is 0.113. The molecule has 7 heteroatoms. The quantitative estimate of drug-likeness (QED) is 0.677. The summed E-state index contributed by atoms with van der Waals surface area (Å²) in [7, 11) is 0. The van der Waals surface area contributed by atoms with Crippen LogP contribution in [0.2, 0.25) is 0 Å². The molecule has 1 atom stereocenters. The Morgan fingerprint density at radius 2 is 2.12 bits per heavy atom. The Balaban J connectivity index is 1.41. The molecule has 1 amide bonds. The zero-order valence-corrected chi connectivity index (χ0v) is 15.0. The maximum atomic E-state index is 14.4. The van der Waals surface area contributed by atoms with Gasteiger partial charge in [0.15, 0.2) is 0 Å². The molecule has 0 radical (unpaired) electrons. The van der Waals surface area contributed by atoms with E-state index in [2.05, 4.69) is 10.6 Å². The van der Waals surface area contributed by atoms with E-state index in [1.54, 1.807) is 6.07 Å². The Kier molecular flexibility index (Phi) is 6.82. The SMILES string of the molecule is O=C(CNC[C@@H]1CCCO1)NCc1ccc(N2CCC(O)CC2)c(F)c1. The Bertz CT molecular complexity index is 600. The van der Waals surface area contributed by atoms with Gasteiger partial charge in [-0.05, 0) is 43.4 Å². The second kappa shape index (κ2) is 9.30. The number of aliphatic hydroxyl groups excluding tert-OH is 1. The first kappa shape index (κ1) is 19.1. The van der Waals surface area contributed by atoms with Crippen LogP contribution in [0.25, 0.3) is 0 Å². The number of hydrogen-bond donors (Lipinski definition) is 3. The van der Waals surface area contributed by atoms with Crippen molar-refractivity contribution < 1.29 is 19.0 Å². The first-order valence-corrected chi connectivity index (χ1v) is 9.42. The van der Waals surface area contributed by atoms with Gasteiger partial charge in [-0.25, -0.2) is 4.39 Å². The van der Waals surface area contributed by atoms with Crippen molar-refractivity contribution in [2.45, 2.75) is 44.4 Å². The summed E-state index contributed by atoms with van der Waals surface area (Å²) in [6, 6.07) is 5.06. The van der Waals surface area contributed by atoms with Gasteiger partial charge in [-0.3, -0.25) is 4.79 Å². The van der Waals surface area contributed by atoms with Gasteiger partial charge in [0.1, 0.15) is 5.82 Å². The summed E-state index contributed by atoms with van der Waals surface area (Å²) in [5.74, 6) is -0.401. The zero-order chi connectivity index (χ0) is 18.4. The van der Waals surface area contributed by atoms with Gasteiger partial charge in [0, 0.05) is 32.8 Å². The predicted molar refractivity (Wildman–Crippen MR) is 97.5 cm³/mol. The van der Waals surface area contributed by atoms with Gasteiger partial charge < -0.3 is 25.4 Å². The van der Waals surface area contributed by atoms with E-state index >= 15 is 0 Å². The number of hydrogen-bond acceptors (Lipinski definition) is 5. The Morgan fingerprint density at radius 3 is 2.81 bits per heavy atom. The third-order valence-electron chi connectivity index (χ3n) is 4.99. The second-order valence-corrected chi connectivity index (χ2v) is 7.05. The summed E-state index contributed by atoms with van der Waals surface area (Å²) >= 11 is 0. The lowest BCUT2D eigenvalue weighted by Gasteiger charge is -2.31. The van der Waals surface area contributed by atoms with Crippen LogP contribution in [0.5, 0.6) is 0 Å². The fraction of sp³-hybridized carbons (Fsp3) is 0.632. The van der Waals surface area contributed by atoms with E-state index in [4.69, 9.17) is 4.74 Å². The average molecular weight is 365 g/mol. The third kappa shape index (κ3) is 5.40. The van der Waals surface area contributed by atoms with Gasteiger partial charge >= 0.3 is 0 Å². The Labute approximate surface area is 153 Å². The highest BCUT2D eigenvalue weighted by Gasteiger charge is 2.20. The normalized spacial score (nSPS) is 21.2. The summed E-state index contributed by atoms with van der Waals surface area (Å²) in [6.07, 6.45) is 3.37. The van der Waals surface area contributed by atoms with E-state index in [-0.39, 0.29) is 30.5 Å². The molecule has 0 aliphatic carbocycles. The lowest BCUT2D eigenvalue weighted by molar-refractivity contribution is -0.120. The van der Waals surface area contributed by atoms with Gasteiger partial charge in [-0.2, -0.15) is 0 Å². The van der Waals surface area contributed by atoms with Crippen molar-refractivity contribution in [1.29, 1.82) is 0 Å². The van der Waals surface area contributed by atoms with E-state index in [0.717, 1.165) is 25.0 Å². The molecule has 2 fully saturated rings. The van der Waals surface area contributed by atoms with Gasteiger partial charge in [0.05, 0.1) is 24.4 Å². The lowest BCUT2D eigenvalue weighted by Crippen LogP contribution is -2.37. The number of ether oxygens (including phenoxy) is 1. The smallest absolute Gasteiger partial charge is 0.234 e. The van der Waals surface area contributed by atoms with Crippen LogP contribution in [0.4, 0.5) is 10.1 Å². The fourth-order valence-electron chi connectivity index (χ4n) is 3.44. The summed E-state index contributed by atoms with van der Waals surface area (Å²) in [5.41, 5.74) is 1.29. The largest absolute Gasteiger partial charge is 0.393 e. The molecule has 2 saturated heterocycles. The van der Waals surface area contributed by atoms with E-state index in [1.807, 2.05) is 11.0 Å². The van der Waals surface area contributed by atoms with Crippen LogP contribution in [-0.2, 0) is 16.1 Å². The van der Waals surface area contributed by atoms with Gasteiger partial charge in [-0.15, -0.1) is 0 Å². The first-order chi connectivity index (χ1) is 12.6. The maximum absolute atomic E-state index is 14.4. The lowest BCUT2D eigenvalue weighted by atomic mass is 10.1. The maximum Gasteiger partial charge on any atom is 0.234 e. The average Bonchev–Trinajstić information content (AvgIpc) is 3.14. The van der Waals surface area contributed by atoms with Crippen LogP contribution in [0, 0.1) is 5.82 Å². The van der Waals surface area contributed by atoms with E-state index in [0.29, 0.717) is 44.7 Å². The predicted octanol–water partition coefficient (Wildman–Crippen LogP) is 1.17. The number of amides is 1. The number of anilines is 1. The molecule has 2 heterocycles.